The monoisotopic (exact) mass is 339 g/mol. The van der Waals surface area contributed by atoms with Crippen LogP contribution in [0.1, 0.15) is 27.2 Å². The Labute approximate surface area is 134 Å². The quantitative estimate of drug-likeness (QED) is 0.815. The van der Waals surface area contributed by atoms with E-state index in [4.69, 9.17) is 0 Å². The summed E-state index contributed by atoms with van der Waals surface area (Å²) in [4.78, 5) is 24.5. The van der Waals surface area contributed by atoms with Crippen LogP contribution in [-0.2, 0) is 17.6 Å². The number of aromatic carboxylic acids is 1. The number of rotatable bonds is 5. The Hall–Kier alpha value is -1.31. The molecule has 3 rings (SSSR count). The Morgan fingerprint density at radius 2 is 2.24 bits per heavy atom. The summed E-state index contributed by atoms with van der Waals surface area (Å²) in [6, 6.07) is 3.90. The van der Waals surface area contributed by atoms with Gasteiger partial charge in [-0.25, -0.2) is 4.79 Å². The maximum absolute atomic E-state index is 12.0. The molecule has 0 unspecified atom stereocenters. The lowest BCUT2D eigenvalue weighted by Gasteiger charge is -2.04. The van der Waals surface area contributed by atoms with Crippen LogP contribution in [0.2, 0.25) is 0 Å². The summed E-state index contributed by atoms with van der Waals surface area (Å²) in [6.07, 6.45) is 2.72. The van der Waals surface area contributed by atoms with Gasteiger partial charge in [0.15, 0.2) is 0 Å². The lowest BCUT2D eigenvalue weighted by molar-refractivity contribution is -0.113. The van der Waals surface area contributed by atoms with Gasteiger partial charge in [-0.2, -0.15) is 0 Å². The molecule has 21 heavy (non-hydrogen) atoms. The zero-order valence-electron chi connectivity index (χ0n) is 11.0. The smallest absolute Gasteiger partial charge is 0.339 e. The molecule has 2 N–H and O–H groups in total. The minimum atomic E-state index is -0.949. The SMILES string of the molecule is O=C(CSc1cccs1)Nc1sc2c(c1C(=O)O)CCC2. The molecule has 2 heterocycles. The number of thioether (sulfide) groups is 1. The molecule has 1 aliphatic rings. The number of carboxylic acid groups (broad SMARTS) is 1. The zero-order chi connectivity index (χ0) is 14.8. The van der Waals surface area contributed by atoms with Gasteiger partial charge in [0.2, 0.25) is 5.91 Å². The summed E-state index contributed by atoms with van der Waals surface area (Å²) in [5, 5.41) is 14.6. The van der Waals surface area contributed by atoms with Gasteiger partial charge in [0.1, 0.15) is 5.00 Å². The van der Waals surface area contributed by atoms with Crippen molar-refractivity contribution < 1.29 is 14.7 Å². The van der Waals surface area contributed by atoms with Crippen molar-refractivity contribution in [3.05, 3.63) is 33.5 Å². The topological polar surface area (TPSA) is 66.4 Å². The van der Waals surface area contributed by atoms with Crippen LogP contribution in [0.5, 0.6) is 0 Å². The first-order chi connectivity index (χ1) is 10.1. The highest BCUT2D eigenvalue weighted by Crippen LogP contribution is 2.39. The highest BCUT2D eigenvalue weighted by Gasteiger charge is 2.27. The normalized spacial score (nSPS) is 13.1. The summed E-state index contributed by atoms with van der Waals surface area (Å²) < 4.78 is 1.08. The van der Waals surface area contributed by atoms with Gasteiger partial charge >= 0.3 is 5.97 Å². The van der Waals surface area contributed by atoms with E-state index < -0.39 is 5.97 Å². The fourth-order valence-corrected chi connectivity index (χ4v) is 5.25. The standard InChI is InChI=1S/C14H13NO3S3/c16-10(7-20-11-5-2-6-19-11)15-13-12(14(17)18)8-3-1-4-9(8)21-13/h2,5-6H,1,3-4,7H2,(H,15,16)(H,17,18). The van der Waals surface area contributed by atoms with Crippen molar-refractivity contribution in [1.82, 2.24) is 0 Å². The Balaban J connectivity index is 1.70. The Bertz CT molecular complexity index is 676. The maximum Gasteiger partial charge on any atom is 0.339 e. The number of carbonyl (C=O) groups excluding carboxylic acids is 1. The number of hydrogen-bond donors (Lipinski definition) is 2. The summed E-state index contributed by atoms with van der Waals surface area (Å²) in [5.74, 6) is -0.811. The lowest BCUT2D eigenvalue weighted by atomic mass is 10.1. The van der Waals surface area contributed by atoms with Gasteiger partial charge in [0.05, 0.1) is 15.5 Å². The van der Waals surface area contributed by atoms with Gasteiger partial charge < -0.3 is 10.4 Å². The van der Waals surface area contributed by atoms with Gasteiger partial charge in [-0.3, -0.25) is 4.79 Å². The summed E-state index contributed by atoms with van der Waals surface area (Å²) in [5.41, 5.74) is 1.20. The molecule has 0 bridgehead atoms. The molecule has 4 nitrogen and oxygen atoms in total. The largest absolute Gasteiger partial charge is 0.478 e. The Kier molecular flexibility index (Phi) is 4.32. The van der Waals surface area contributed by atoms with E-state index in [0.717, 1.165) is 33.9 Å². The van der Waals surface area contributed by atoms with Gasteiger partial charge in [0, 0.05) is 4.88 Å². The highest BCUT2D eigenvalue weighted by molar-refractivity contribution is 8.01. The number of thiophene rings is 2. The second kappa shape index (κ2) is 6.21. The minimum Gasteiger partial charge on any atom is -0.478 e. The summed E-state index contributed by atoms with van der Waals surface area (Å²) >= 11 is 4.46. The first-order valence-corrected chi connectivity index (χ1v) is 9.17. The molecule has 110 valence electrons. The average Bonchev–Trinajstić information content (AvgIpc) is 3.11. The predicted molar refractivity (Wildman–Crippen MR) is 87.0 cm³/mol. The summed E-state index contributed by atoms with van der Waals surface area (Å²) in [6.45, 7) is 0. The van der Waals surface area contributed by atoms with Crippen LogP contribution in [0.4, 0.5) is 5.00 Å². The molecule has 0 fully saturated rings. The second-order valence-corrected chi connectivity index (χ2v) is 7.96. The van der Waals surface area contributed by atoms with Gasteiger partial charge in [-0.05, 0) is 36.3 Å². The number of anilines is 1. The van der Waals surface area contributed by atoms with Crippen LogP contribution in [0.15, 0.2) is 21.7 Å². The molecule has 1 amide bonds. The maximum atomic E-state index is 12.0. The van der Waals surface area contributed by atoms with Crippen LogP contribution < -0.4 is 5.32 Å². The molecule has 0 radical (unpaired) electrons. The lowest BCUT2D eigenvalue weighted by Crippen LogP contribution is -2.15. The second-order valence-electron chi connectivity index (χ2n) is 4.64. The van der Waals surface area contributed by atoms with Gasteiger partial charge in [0.25, 0.3) is 0 Å². The molecule has 0 saturated heterocycles. The van der Waals surface area contributed by atoms with Crippen molar-refractivity contribution in [3.63, 3.8) is 0 Å². The first kappa shape index (κ1) is 14.6. The van der Waals surface area contributed by atoms with Crippen LogP contribution in [0.25, 0.3) is 0 Å². The highest BCUT2D eigenvalue weighted by atomic mass is 32.2. The van der Waals surface area contributed by atoms with E-state index in [2.05, 4.69) is 5.32 Å². The van der Waals surface area contributed by atoms with Crippen molar-refractivity contribution in [1.29, 1.82) is 0 Å². The number of carbonyl (C=O) groups is 2. The third kappa shape index (κ3) is 3.14. The van der Waals surface area contributed by atoms with Crippen molar-refractivity contribution in [2.45, 2.75) is 23.5 Å². The van der Waals surface area contributed by atoms with Gasteiger partial charge in [-0.15, -0.1) is 34.4 Å². The Morgan fingerprint density at radius 3 is 2.95 bits per heavy atom. The van der Waals surface area contributed by atoms with E-state index >= 15 is 0 Å². The number of amides is 1. The fourth-order valence-electron chi connectivity index (χ4n) is 2.36. The van der Waals surface area contributed by atoms with Crippen molar-refractivity contribution in [2.24, 2.45) is 0 Å². The molecule has 2 aromatic rings. The van der Waals surface area contributed by atoms with Crippen LogP contribution >= 0.6 is 34.4 Å². The molecule has 2 aromatic heterocycles. The van der Waals surface area contributed by atoms with Crippen molar-refractivity contribution in [3.8, 4) is 0 Å². The van der Waals surface area contributed by atoms with Crippen molar-refractivity contribution >= 4 is 51.3 Å². The van der Waals surface area contributed by atoms with E-state index in [0.29, 0.717) is 16.3 Å². The van der Waals surface area contributed by atoms with Crippen molar-refractivity contribution in [2.75, 3.05) is 11.1 Å². The average molecular weight is 339 g/mol. The van der Waals surface area contributed by atoms with E-state index in [-0.39, 0.29) is 5.91 Å². The van der Waals surface area contributed by atoms with Gasteiger partial charge in [-0.1, -0.05) is 6.07 Å². The predicted octanol–water partition coefficient (Wildman–Crippen LogP) is 3.73. The molecular weight excluding hydrogens is 326 g/mol. The first-order valence-electron chi connectivity index (χ1n) is 6.49. The fraction of sp³-hybridized carbons (Fsp3) is 0.286. The van der Waals surface area contributed by atoms with E-state index in [9.17, 15) is 14.7 Å². The third-order valence-corrected chi connectivity index (χ3v) is 6.57. The number of nitrogens with one attached hydrogen (secondary N) is 1. The minimum absolute atomic E-state index is 0.157. The third-order valence-electron chi connectivity index (χ3n) is 3.23. The molecule has 0 aromatic carbocycles. The van der Waals surface area contributed by atoms with Crippen LogP contribution in [-0.4, -0.2) is 22.7 Å². The van der Waals surface area contributed by atoms with Crippen LogP contribution in [0, 0.1) is 0 Å². The molecule has 0 spiro atoms. The number of fused-ring (bicyclic) bond motifs is 1. The zero-order valence-corrected chi connectivity index (χ0v) is 13.5. The molecule has 0 aliphatic heterocycles. The molecule has 0 saturated carbocycles. The van der Waals surface area contributed by atoms with E-state index in [1.54, 1.807) is 11.3 Å². The Morgan fingerprint density at radius 1 is 1.38 bits per heavy atom. The van der Waals surface area contributed by atoms with E-state index in [1.807, 2.05) is 17.5 Å². The summed E-state index contributed by atoms with van der Waals surface area (Å²) in [7, 11) is 0. The van der Waals surface area contributed by atoms with E-state index in [1.165, 1.54) is 23.1 Å². The number of hydrogen-bond acceptors (Lipinski definition) is 5. The number of aryl methyl sites for hydroxylation is 1. The molecule has 7 heteroatoms. The van der Waals surface area contributed by atoms with Crippen LogP contribution in [0.3, 0.4) is 0 Å². The molecular formula is C14H13NO3S3. The number of carboxylic acids is 1. The molecule has 1 aliphatic carbocycles. The molecule has 0 atom stereocenters.